The van der Waals surface area contributed by atoms with E-state index in [0.717, 1.165) is 16.7 Å². The number of carbonyl (C=O) groups excluding carboxylic acids is 1. The van der Waals surface area contributed by atoms with E-state index in [1.807, 2.05) is 24.3 Å². The van der Waals surface area contributed by atoms with E-state index in [4.69, 9.17) is 27.9 Å². The van der Waals surface area contributed by atoms with Gasteiger partial charge in [0.2, 0.25) is 0 Å². The van der Waals surface area contributed by atoms with Crippen LogP contribution in [0.4, 0.5) is 0 Å². The Kier molecular flexibility index (Phi) is 5.41. The number of hydrogen-bond acceptors (Lipinski definition) is 3. The van der Waals surface area contributed by atoms with Crippen LogP contribution >= 0.6 is 23.2 Å². The van der Waals surface area contributed by atoms with Crippen molar-refractivity contribution in [1.29, 1.82) is 0 Å². The summed E-state index contributed by atoms with van der Waals surface area (Å²) < 4.78 is 5.95. The van der Waals surface area contributed by atoms with Crippen LogP contribution in [0.2, 0.25) is 10.0 Å². The summed E-state index contributed by atoms with van der Waals surface area (Å²) in [5.41, 5.74) is 3.00. The summed E-state index contributed by atoms with van der Waals surface area (Å²) in [4.78, 5) is 25.9. The van der Waals surface area contributed by atoms with E-state index in [1.165, 1.54) is 6.07 Å². The number of nitrogens with zero attached hydrogens (tertiary/aromatic N) is 1. The van der Waals surface area contributed by atoms with Gasteiger partial charge >= 0.3 is 5.97 Å². The van der Waals surface area contributed by atoms with Crippen LogP contribution in [0.3, 0.4) is 0 Å². The normalized spacial score (nSPS) is 15.3. The molecule has 0 fully saturated rings. The summed E-state index contributed by atoms with van der Waals surface area (Å²) in [5, 5.41) is 9.98. The highest BCUT2D eigenvalue weighted by Gasteiger charge is 2.30. The van der Waals surface area contributed by atoms with Gasteiger partial charge in [-0.1, -0.05) is 41.4 Å². The van der Waals surface area contributed by atoms with Gasteiger partial charge in [-0.25, -0.2) is 4.79 Å². The highest BCUT2D eigenvalue weighted by atomic mass is 35.5. The van der Waals surface area contributed by atoms with Gasteiger partial charge in [0, 0.05) is 10.6 Å². The molecule has 0 bridgehead atoms. The number of benzene rings is 3. The lowest BCUT2D eigenvalue weighted by Gasteiger charge is -2.35. The smallest absolute Gasteiger partial charge is 0.335 e. The van der Waals surface area contributed by atoms with E-state index in [0.29, 0.717) is 22.9 Å². The Bertz CT molecular complexity index is 1160. The van der Waals surface area contributed by atoms with Crippen LogP contribution in [0.15, 0.2) is 60.7 Å². The molecule has 1 N–H and O–H groups in total. The summed E-state index contributed by atoms with van der Waals surface area (Å²) in [6, 6.07) is 17.1. The second-order valence-electron chi connectivity index (χ2n) is 6.98. The maximum atomic E-state index is 13.1. The van der Waals surface area contributed by atoms with Gasteiger partial charge in [0.25, 0.3) is 5.91 Å². The monoisotopic (exact) mass is 441 g/mol. The van der Waals surface area contributed by atoms with Gasteiger partial charge in [0.1, 0.15) is 5.75 Å². The van der Waals surface area contributed by atoms with Crippen LogP contribution in [0.5, 0.6) is 5.75 Å². The summed E-state index contributed by atoms with van der Waals surface area (Å²) >= 11 is 12.2. The molecule has 1 atom stereocenters. The number of amides is 1. The fourth-order valence-electron chi connectivity index (χ4n) is 3.44. The Morgan fingerprint density at radius 1 is 1.03 bits per heavy atom. The average molecular weight is 442 g/mol. The highest BCUT2D eigenvalue weighted by molar-refractivity contribution is 6.36. The number of fused-ring (bicyclic) bond motifs is 1. The maximum absolute atomic E-state index is 13.1. The van der Waals surface area contributed by atoms with E-state index < -0.39 is 12.2 Å². The van der Waals surface area contributed by atoms with Gasteiger partial charge in [-0.15, -0.1) is 0 Å². The number of rotatable bonds is 3. The molecule has 1 amide bonds. The lowest BCUT2D eigenvalue weighted by atomic mass is 9.99. The molecule has 4 rings (SSSR count). The van der Waals surface area contributed by atoms with Gasteiger partial charge in [-0.3, -0.25) is 9.69 Å². The third-order valence-corrected chi connectivity index (χ3v) is 5.55. The molecule has 7 heteroatoms. The third-order valence-electron chi connectivity index (χ3n) is 5.00. The van der Waals surface area contributed by atoms with E-state index in [9.17, 15) is 14.7 Å². The Labute approximate surface area is 183 Å². The van der Waals surface area contributed by atoms with Crippen molar-refractivity contribution in [3.63, 3.8) is 0 Å². The highest BCUT2D eigenvalue weighted by Crippen LogP contribution is 2.34. The molecule has 152 valence electrons. The fourth-order valence-corrected chi connectivity index (χ4v) is 3.93. The number of aromatic carboxylic acids is 1. The largest absolute Gasteiger partial charge is 0.478 e. The SMILES string of the molecule is CC1Oc2ccc(-c3cccc(C(=O)O)c3)cc2CN1C(=O)c1ccc(Cl)cc1Cl. The molecule has 0 spiro atoms. The van der Waals surface area contributed by atoms with Gasteiger partial charge in [0.05, 0.1) is 22.7 Å². The first-order valence-electron chi connectivity index (χ1n) is 9.23. The van der Waals surface area contributed by atoms with Gasteiger partial charge < -0.3 is 9.84 Å². The first-order chi connectivity index (χ1) is 14.3. The minimum Gasteiger partial charge on any atom is -0.478 e. The van der Waals surface area contributed by atoms with Crippen LogP contribution in [0.1, 0.15) is 33.2 Å². The van der Waals surface area contributed by atoms with Crippen LogP contribution in [-0.4, -0.2) is 28.1 Å². The topological polar surface area (TPSA) is 66.8 Å². The fraction of sp³-hybridized carbons (Fsp3) is 0.130. The zero-order valence-corrected chi connectivity index (χ0v) is 17.4. The van der Waals surface area contributed by atoms with E-state index >= 15 is 0 Å². The molecular weight excluding hydrogens is 425 g/mol. The molecule has 3 aromatic carbocycles. The molecule has 1 aliphatic heterocycles. The van der Waals surface area contributed by atoms with Crippen molar-refractivity contribution in [2.24, 2.45) is 0 Å². The van der Waals surface area contributed by atoms with Crippen molar-refractivity contribution in [2.75, 3.05) is 0 Å². The zero-order valence-electron chi connectivity index (χ0n) is 15.9. The van der Waals surface area contributed by atoms with Gasteiger partial charge in [-0.2, -0.15) is 0 Å². The molecule has 30 heavy (non-hydrogen) atoms. The molecule has 5 nitrogen and oxygen atoms in total. The second-order valence-corrected chi connectivity index (χ2v) is 7.83. The predicted molar refractivity (Wildman–Crippen MR) is 115 cm³/mol. The van der Waals surface area contributed by atoms with Crippen LogP contribution in [0, 0.1) is 0 Å². The summed E-state index contributed by atoms with van der Waals surface area (Å²) in [6.45, 7) is 2.13. The average Bonchev–Trinajstić information content (AvgIpc) is 2.72. The molecular formula is C23H17Cl2NO4. The molecule has 0 saturated heterocycles. The quantitative estimate of drug-likeness (QED) is 0.562. The van der Waals surface area contributed by atoms with Crippen molar-refractivity contribution in [2.45, 2.75) is 19.7 Å². The Balaban J connectivity index is 1.66. The van der Waals surface area contributed by atoms with E-state index in [2.05, 4.69) is 0 Å². The van der Waals surface area contributed by atoms with Gasteiger partial charge in [0.15, 0.2) is 6.23 Å². The Morgan fingerprint density at radius 3 is 2.53 bits per heavy atom. The number of carbonyl (C=O) groups is 2. The standard InChI is InChI=1S/C23H17Cl2NO4/c1-13-26(22(27)19-7-6-18(24)11-20(19)25)12-17-10-15(5-8-21(17)30-13)14-3-2-4-16(9-14)23(28)29/h2-11,13H,12H2,1H3,(H,28,29). The number of carboxylic acid groups (broad SMARTS) is 1. The van der Waals surface area contributed by atoms with Crippen LogP contribution in [0.25, 0.3) is 11.1 Å². The van der Waals surface area contributed by atoms with Crippen molar-refractivity contribution in [3.8, 4) is 16.9 Å². The maximum Gasteiger partial charge on any atom is 0.335 e. The van der Waals surface area contributed by atoms with Crippen molar-refractivity contribution < 1.29 is 19.4 Å². The lowest BCUT2D eigenvalue weighted by Crippen LogP contribution is -2.44. The zero-order chi connectivity index (χ0) is 21.4. The summed E-state index contributed by atoms with van der Waals surface area (Å²) in [7, 11) is 0. The molecule has 1 aliphatic rings. The summed E-state index contributed by atoms with van der Waals surface area (Å²) in [5.74, 6) is -0.552. The predicted octanol–water partition coefficient (Wildman–Crippen LogP) is 5.74. The molecule has 1 unspecified atom stereocenters. The first-order valence-corrected chi connectivity index (χ1v) is 9.98. The minimum absolute atomic E-state index is 0.212. The number of hydrogen-bond donors (Lipinski definition) is 1. The second kappa shape index (κ2) is 8.01. The van der Waals surface area contributed by atoms with Crippen LogP contribution < -0.4 is 4.74 Å². The Morgan fingerprint density at radius 2 is 1.80 bits per heavy atom. The Hall–Kier alpha value is -3.02. The minimum atomic E-state index is -0.983. The molecule has 1 heterocycles. The molecule has 3 aromatic rings. The van der Waals surface area contributed by atoms with E-state index in [-0.39, 0.29) is 16.5 Å². The van der Waals surface area contributed by atoms with Crippen LogP contribution in [-0.2, 0) is 6.54 Å². The van der Waals surface area contributed by atoms with Crippen molar-refractivity contribution >= 4 is 35.1 Å². The first kappa shape index (κ1) is 20.3. The van der Waals surface area contributed by atoms with E-state index in [1.54, 1.807) is 42.2 Å². The number of halogens is 2. The van der Waals surface area contributed by atoms with Gasteiger partial charge in [-0.05, 0) is 60.5 Å². The number of ether oxygens (including phenoxy) is 1. The molecule has 0 radical (unpaired) electrons. The molecule has 0 aromatic heterocycles. The van der Waals surface area contributed by atoms with Crippen molar-refractivity contribution in [1.82, 2.24) is 4.90 Å². The summed E-state index contributed by atoms with van der Waals surface area (Å²) in [6.07, 6.45) is -0.474. The molecule has 0 saturated carbocycles. The van der Waals surface area contributed by atoms with Crippen molar-refractivity contribution in [3.05, 3.63) is 87.4 Å². The number of carboxylic acids is 1. The molecule has 0 aliphatic carbocycles. The third kappa shape index (κ3) is 3.86. The lowest BCUT2D eigenvalue weighted by molar-refractivity contribution is 0.0141.